The summed E-state index contributed by atoms with van der Waals surface area (Å²) in [5, 5.41) is 3.25. The largest absolute Gasteiger partial charge is 0.437 e. The number of rotatable bonds is 8. The highest BCUT2D eigenvalue weighted by atomic mass is 16.5. The number of nitrogens with two attached hydrogens (primary N) is 1. The third-order valence-corrected chi connectivity index (χ3v) is 4.64. The maximum atomic E-state index is 6.24. The van der Waals surface area contributed by atoms with Crippen LogP contribution in [0.3, 0.4) is 0 Å². The number of nitrogens with one attached hydrogen (secondary N) is 1. The predicted octanol–water partition coefficient (Wildman–Crippen LogP) is 6.06. The lowest BCUT2D eigenvalue weighted by molar-refractivity contribution is 0.464. The Kier molecular flexibility index (Phi) is 6.48. The predicted molar refractivity (Wildman–Crippen MR) is 115 cm³/mol. The van der Waals surface area contributed by atoms with E-state index in [0.29, 0.717) is 29.1 Å². The van der Waals surface area contributed by atoms with E-state index in [1.807, 2.05) is 24.3 Å². The molecular formula is C23H28N4O. The smallest absolute Gasteiger partial charge is 0.248 e. The summed E-state index contributed by atoms with van der Waals surface area (Å²) in [6, 6.07) is 16.3. The average Bonchev–Trinajstić information content (AvgIpc) is 2.71. The molecule has 0 saturated heterocycles. The molecule has 5 nitrogen and oxygen atoms in total. The van der Waals surface area contributed by atoms with Gasteiger partial charge in [-0.15, -0.1) is 0 Å². The van der Waals surface area contributed by atoms with Crippen LogP contribution in [0, 0.1) is 0 Å². The van der Waals surface area contributed by atoms with Crippen LogP contribution in [-0.2, 0) is 6.42 Å². The van der Waals surface area contributed by atoms with Crippen molar-refractivity contribution in [2.24, 2.45) is 0 Å². The van der Waals surface area contributed by atoms with Crippen molar-refractivity contribution in [1.82, 2.24) is 9.97 Å². The number of aryl methyl sites for hydroxylation is 1. The second-order valence-electron chi connectivity index (χ2n) is 7.19. The first-order chi connectivity index (χ1) is 13.6. The van der Waals surface area contributed by atoms with Crippen molar-refractivity contribution in [3.63, 3.8) is 0 Å². The molecule has 1 heterocycles. The van der Waals surface area contributed by atoms with Crippen molar-refractivity contribution >= 4 is 17.2 Å². The van der Waals surface area contributed by atoms with Crippen LogP contribution in [0.4, 0.5) is 17.2 Å². The number of benzene rings is 2. The highest BCUT2D eigenvalue weighted by Crippen LogP contribution is 2.31. The third kappa shape index (κ3) is 5.00. The SMILES string of the molecule is CCCCc1ccc(Nc2ncnc(Oc3ccc(C(C)C)cc3)c2N)cc1. The van der Waals surface area contributed by atoms with E-state index in [2.05, 4.69) is 60.3 Å². The highest BCUT2D eigenvalue weighted by molar-refractivity contribution is 5.72. The minimum absolute atomic E-state index is 0.342. The minimum atomic E-state index is 0.342. The number of nitrogen functional groups attached to an aromatic ring is 1. The Morgan fingerprint density at radius 2 is 1.71 bits per heavy atom. The Hall–Kier alpha value is -3.08. The van der Waals surface area contributed by atoms with Crippen LogP contribution in [0.5, 0.6) is 11.6 Å². The first kappa shape index (κ1) is 19.7. The summed E-state index contributed by atoms with van der Waals surface area (Å²) in [4.78, 5) is 8.44. The van der Waals surface area contributed by atoms with E-state index >= 15 is 0 Å². The van der Waals surface area contributed by atoms with Crippen LogP contribution < -0.4 is 15.8 Å². The molecule has 0 spiro atoms. The molecule has 1 aromatic heterocycles. The van der Waals surface area contributed by atoms with Crippen molar-refractivity contribution in [2.45, 2.75) is 46.0 Å². The van der Waals surface area contributed by atoms with Gasteiger partial charge in [-0.3, -0.25) is 0 Å². The van der Waals surface area contributed by atoms with Crippen LogP contribution in [-0.4, -0.2) is 9.97 Å². The summed E-state index contributed by atoms with van der Waals surface area (Å²) in [6.45, 7) is 6.52. The molecule has 0 aliphatic rings. The maximum absolute atomic E-state index is 6.24. The zero-order valence-electron chi connectivity index (χ0n) is 16.8. The van der Waals surface area contributed by atoms with Gasteiger partial charge in [0.25, 0.3) is 0 Å². The number of hydrogen-bond donors (Lipinski definition) is 2. The van der Waals surface area contributed by atoms with Crippen LogP contribution in [0.15, 0.2) is 54.9 Å². The van der Waals surface area contributed by atoms with E-state index in [-0.39, 0.29) is 0 Å². The van der Waals surface area contributed by atoms with Gasteiger partial charge in [-0.1, -0.05) is 51.5 Å². The molecule has 0 atom stereocenters. The first-order valence-corrected chi connectivity index (χ1v) is 9.81. The molecule has 0 radical (unpaired) electrons. The maximum Gasteiger partial charge on any atom is 0.248 e. The van der Waals surface area contributed by atoms with Gasteiger partial charge in [0.2, 0.25) is 5.88 Å². The number of aromatic nitrogens is 2. The van der Waals surface area contributed by atoms with E-state index in [1.165, 1.54) is 30.3 Å². The van der Waals surface area contributed by atoms with Gasteiger partial charge in [-0.05, 0) is 54.2 Å². The van der Waals surface area contributed by atoms with Crippen molar-refractivity contribution in [2.75, 3.05) is 11.1 Å². The number of hydrogen-bond acceptors (Lipinski definition) is 5. The van der Waals surface area contributed by atoms with Gasteiger partial charge in [0.15, 0.2) is 5.82 Å². The summed E-state index contributed by atoms with van der Waals surface area (Å²) in [7, 11) is 0. The molecule has 0 fully saturated rings. The summed E-state index contributed by atoms with van der Waals surface area (Å²) < 4.78 is 5.87. The van der Waals surface area contributed by atoms with Crippen molar-refractivity contribution in [1.29, 1.82) is 0 Å². The number of unbranched alkanes of at least 4 members (excludes halogenated alkanes) is 1. The number of anilines is 3. The molecule has 0 saturated carbocycles. The molecule has 3 rings (SSSR count). The lowest BCUT2D eigenvalue weighted by Crippen LogP contribution is -2.03. The lowest BCUT2D eigenvalue weighted by atomic mass is 10.0. The van der Waals surface area contributed by atoms with Crippen molar-refractivity contribution in [3.05, 3.63) is 66.0 Å². The molecule has 0 amide bonds. The van der Waals surface area contributed by atoms with E-state index < -0.39 is 0 Å². The molecule has 3 aromatic rings. The van der Waals surface area contributed by atoms with Gasteiger partial charge < -0.3 is 15.8 Å². The highest BCUT2D eigenvalue weighted by Gasteiger charge is 2.11. The van der Waals surface area contributed by atoms with Crippen molar-refractivity contribution in [3.8, 4) is 11.6 Å². The Labute approximate surface area is 167 Å². The first-order valence-electron chi connectivity index (χ1n) is 9.81. The molecule has 5 heteroatoms. The second kappa shape index (κ2) is 9.22. The van der Waals surface area contributed by atoms with Gasteiger partial charge in [0, 0.05) is 5.69 Å². The van der Waals surface area contributed by atoms with Crippen LogP contribution in [0.25, 0.3) is 0 Å². The molecule has 28 heavy (non-hydrogen) atoms. The van der Waals surface area contributed by atoms with Crippen LogP contribution >= 0.6 is 0 Å². The summed E-state index contributed by atoms with van der Waals surface area (Å²) >= 11 is 0. The Morgan fingerprint density at radius 3 is 2.36 bits per heavy atom. The normalized spacial score (nSPS) is 10.9. The quantitative estimate of drug-likeness (QED) is 0.500. The number of ether oxygens (including phenoxy) is 1. The molecular weight excluding hydrogens is 348 g/mol. The van der Waals surface area contributed by atoms with Crippen molar-refractivity contribution < 1.29 is 4.74 Å². The van der Waals surface area contributed by atoms with Gasteiger partial charge in [-0.25, -0.2) is 4.98 Å². The van der Waals surface area contributed by atoms with E-state index in [1.54, 1.807) is 0 Å². The summed E-state index contributed by atoms with van der Waals surface area (Å²) in [5.74, 6) is 2.04. The van der Waals surface area contributed by atoms with Gasteiger partial charge in [0.1, 0.15) is 17.8 Å². The van der Waals surface area contributed by atoms with E-state index in [0.717, 1.165) is 12.1 Å². The zero-order valence-corrected chi connectivity index (χ0v) is 16.8. The Balaban J connectivity index is 1.72. The fourth-order valence-corrected chi connectivity index (χ4v) is 2.87. The monoisotopic (exact) mass is 376 g/mol. The summed E-state index contributed by atoms with van der Waals surface area (Å²) in [6.07, 6.45) is 4.94. The third-order valence-electron chi connectivity index (χ3n) is 4.64. The molecule has 0 aliphatic heterocycles. The van der Waals surface area contributed by atoms with Crippen LogP contribution in [0.2, 0.25) is 0 Å². The Morgan fingerprint density at radius 1 is 1.00 bits per heavy atom. The second-order valence-corrected chi connectivity index (χ2v) is 7.19. The van der Waals surface area contributed by atoms with Gasteiger partial charge in [-0.2, -0.15) is 4.98 Å². The number of nitrogens with zero attached hydrogens (tertiary/aromatic N) is 2. The zero-order chi connectivity index (χ0) is 19.9. The minimum Gasteiger partial charge on any atom is -0.437 e. The molecule has 146 valence electrons. The average molecular weight is 377 g/mol. The summed E-state index contributed by atoms with van der Waals surface area (Å²) in [5.41, 5.74) is 10.1. The lowest BCUT2D eigenvalue weighted by Gasteiger charge is -2.13. The molecule has 0 unspecified atom stereocenters. The molecule has 3 N–H and O–H groups in total. The fraction of sp³-hybridized carbons (Fsp3) is 0.304. The van der Waals surface area contributed by atoms with Gasteiger partial charge in [0.05, 0.1) is 0 Å². The van der Waals surface area contributed by atoms with E-state index in [4.69, 9.17) is 10.5 Å². The standard InChI is InChI=1S/C23H28N4O/c1-4-5-6-17-7-11-19(12-8-17)27-22-21(24)23(26-15-25-22)28-20-13-9-18(10-14-20)16(2)3/h7-16H,4-6,24H2,1-3H3,(H,25,26,27). The van der Waals surface area contributed by atoms with Crippen LogP contribution in [0.1, 0.15) is 50.7 Å². The van der Waals surface area contributed by atoms with E-state index in [9.17, 15) is 0 Å². The topological polar surface area (TPSA) is 73.1 Å². The van der Waals surface area contributed by atoms with Gasteiger partial charge >= 0.3 is 0 Å². The molecule has 2 aromatic carbocycles. The molecule has 0 bridgehead atoms. The Bertz CT molecular complexity index is 889. The fourth-order valence-electron chi connectivity index (χ4n) is 2.87. The molecule has 0 aliphatic carbocycles.